The fourth-order valence-corrected chi connectivity index (χ4v) is 3.22. The number of benzene rings is 1. The van der Waals surface area contributed by atoms with Crippen LogP contribution in [0.5, 0.6) is 0 Å². The molecule has 1 aliphatic rings. The lowest BCUT2D eigenvalue weighted by molar-refractivity contribution is -0.116. The molecule has 0 bridgehead atoms. The van der Waals surface area contributed by atoms with Gasteiger partial charge in [0.15, 0.2) is 9.84 Å². The van der Waals surface area contributed by atoms with E-state index in [1.165, 1.54) is 12.2 Å². The maximum atomic E-state index is 11.7. The minimum Gasteiger partial charge on any atom is -0.350 e. The average Bonchev–Trinajstić information content (AvgIpc) is 2.37. The molecular weight excluding hydrogens is 321 g/mol. The summed E-state index contributed by atoms with van der Waals surface area (Å²) in [7, 11) is -3.49. The van der Waals surface area contributed by atoms with Crippen LogP contribution in [0.25, 0.3) is 6.08 Å². The zero-order chi connectivity index (χ0) is 14.8. The summed E-state index contributed by atoms with van der Waals surface area (Å²) >= 11 is 11.7. The van der Waals surface area contributed by atoms with Crippen molar-refractivity contribution >= 4 is 45.0 Å². The van der Waals surface area contributed by atoms with Crippen LogP contribution in [0.4, 0.5) is 0 Å². The number of amides is 1. The van der Waals surface area contributed by atoms with Gasteiger partial charge in [-0.3, -0.25) is 4.79 Å². The van der Waals surface area contributed by atoms with E-state index in [9.17, 15) is 13.2 Å². The molecule has 106 valence electrons. The van der Waals surface area contributed by atoms with E-state index in [1.807, 2.05) is 0 Å². The van der Waals surface area contributed by atoms with Crippen LogP contribution >= 0.6 is 23.2 Å². The Bertz CT molecular complexity index is 708. The third kappa shape index (κ3) is 3.42. The molecular formula is C13H11Cl2NO3S. The lowest BCUT2D eigenvalue weighted by Crippen LogP contribution is -2.39. The van der Waals surface area contributed by atoms with Crippen LogP contribution in [-0.4, -0.2) is 26.6 Å². The lowest BCUT2D eigenvalue weighted by atomic mass is 10.2. The third-order valence-corrected chi connectivity index (χ3v) is 5.17. The van der Waals surface area contributed by atoms with Gasteiger partial charge in [0, 0.05) is 6.54 Å². The van der Waals surface area contributed by atoms with E-state index in [1.54, 1.807) is 24.3 Å². The Morgan fingerprint density at radius 2 is 1.95 bits per heavy atom. The summed E-state index contributed by atoms with van der Waals surface area (Å²) in [6.45, 7) is 0.148. The molecule has 0 unspecified atom stereocenters. The van der Waals surface area contributed by atoms with E-state index in [4.69, 9.17) is 23.2 Å². The van der Waals surface area contributed by atoms with Crippen LogP contribution in [0.2, 0.25) is 10.0 Å². The van der Waals surface area contributed by atoms with Crippen molar-refractivity contribution in [1.29, 1.82) is 0 Å². The zero-order valence-electron chi connectivity index (χ0n) is 10.3. The number of sulfone groups is 1. The van der Waals surface area contributed by atoms with Gasteiger partial charge in [0.05, 0.1) is 15.8 Å². The summed E-state index contributed by atoms with van der Waals surface area (Å²) in [5, 5.41) is 3.34. The van der Waals surface area contributed by atoms with E-state index in [-0.39, 0.29) is 17.2 Å². The molecule has 0 aliphatic carbocycles. The fourth-order valence-electron chi connectivity index (χ4n) is 1.68. The van der Waals surface area contributed by atoms with Crippen LogP contribution in [0.1, 0.15) is 5.56 Å². The largest absolute Gasteiger partial charge is 0.350 e. The van der Waals surface area contributed by atoms with Gasteiger partial charge >= 0.3 is 0 Å². The van der Waals surface area contributed by atoms with Gasteiger partial charge in [-0.1, -0.05) is 41.4 Å². The van der Waals surface area contributed by atoms with E-state index in [0.717, 1.165) is 5.56 Å². The van der Waals surface area contributed by atoms with E-state index < -0.39 is 15.7 Å². The second-order valence-corrected chi connectivity index (χ2v) is 7.03. The van der Waals surface area contributed by atoms with Gasteiger partial charge in [0.1, 0.15) is 4.91 Å². The van der Waals surface area contributed by atoms with Crippen LogP contribution in [-0.2, 0) is 14.6 Å². The smallest absolute Gasteiger partial charge is 0.262 e. The monoisotopic (exact) mass is 331 g/mol. The van der Waals surface area contributed by atoms with E-state index in [0.29, 0.717) is 10.0 Å². The van der Waals surface area contributed by atoms with Gasteiger partial charge in [-0.15, -0.1) is 0 Å². The molecule has 7 heteroatoms. The highest BCUT2D eigenvalue weighted by Gasteiger charge is 2.28. The van der Waals surface area contributed by atoms with Crippen LogP contribution in [0.15, 0.2) is 35.3 Å². The van der Waals surface area contributed by atoms with E-state index >= 15 is 0 Å². The molecule has 0 atom stereocenters. The van der Waals surface area contributed by atoms with Gasteiger partial charge < -0.3 is 5.32 Å². The van der Waals surface area contributed by atoms with Gasteiger partial charge in [-0.2, -0.15) is 0 Å². The highest BCUT2D eigenvalue weighted by molar-refractivity contribution is 7.96. The molecule has 0 saturated carbocycles. The molecule has 1 heterocycles. The molecule has 0 aromatic heterocycles. The second kappa shape index (κ2) is 5.99. The zero-order valence-corrected chi connectivity index (χ0v) is 12.6. The number of halogens is 2. The number of allylic oxidation sites excluding steroid dienone is 2. The van der Waals surface area contributed by atoms with Gasteiger partial charge in [-0.05, 0) is 23.8 Å². The summed E-state index contributed by atoms with van der Waals surface area (Å²) < 4.78 is 23.5. The Balaban J connectivity index is 2.25. The van der Waals surface area contributed by atoms with Crippen molar-refractivity contribution in [1.82, 2.24) is 5.32 Å². The summed E-state index contributed by atoms with van der Waals surface area (Å²) in [5.41, 5.74) is 0.755. The van der Waals surface area contributed by atoms with Crippen molar-refractivity contribution in [2.45, 2.75) is 0 Å². The molecule has 20 heavy (non-hydrogen) atoms. The van der Waals surface area contributed by atoms with Crippen LogP contribution in [0, 0.1) is 0 Å². The average molecular weight is 332 g/mol. The van der Waals surface area contributed by atoms with Crippen molar-refractivity contribution in [3.05, 3.63) is 50.9 Å². The Labute approximate surface area is 127 Å². The summed E-state index contributed by atoms with van der Waals surface area (Å²) in [6.07, 6.45) is 4.43. The Morgan fingerprint density at radius 3 is 2.60 bits per heavy atom. The SMILES string of the molecule is O=C1NCCS(=O)(=O)/C1=C/C=C/c1ccc(Cl)c(Cl)c1. The number of hydrogen-bond acceptors (Lipinski definition) is 3. The molecule has 1 aromatic rings. The lowest BCUT2D eigenvalue weighted by Gasteiger charge is -2.14. The molecule has 1 aromatic carbocycles. The Kier molecular flexibility index (Phi) is 4.52. The molecule has 0 radical (unpaired) electrons. The summed E-state index contributed by atoms with van der Waals surface area (Å²) in [4.78, 5) is 11.3. The standard InChI is InChI=1S/C13H11Cl2NO3S/c14-10-5-4-9(8-11(10)15)2-1-3-12-13(17)16-6-7-20(12,18)19/h1-5,8H,6-7H2,(H,16,17)/b2-1+,12-3+. The third-order valence-electron chi connectivity index (χ3n) is 2.70. The summed E-state index contributed by atoms with van der Waals surface area (Å²) in [6, 6.07) is 5.02. The quantitative estimate of drug-likeness (QED) is 0.846. The van der Waals surface area contributed by atoms with Gasteiger partial charge in [0.25, 0.3) is 5.91 Å². The first-order valence-electron chi connectivity index (χ1n) is 5.74. The number of nitrogens with one attached hydrogen (secondary N) is 1. The van der Waals surface area contributed by atoms with Gasteiger partial charge in [0.2, 0.25) is 0 Å². The molecule has 2 rings (SSSR count). The number of carbonyl (C=O) groups is 1. The number of carbonyl (C=O) groups excluding carboxylic acids is 1. The molecule has 1 N–H and O–H groups in total. The molecule has 1 aliphatic heterocycles. The highest BCUT2D eigenvalue weighted by Crippen LogP contribution is 2.23. The molecule has 1 saturated heterocycles. The van der Waals surface area contributed by atoms with Crippen molar-refractivity contribution in [2.75, 3.05) is 12.3 Å². The second-order valence-electron chi connectivity index (χ2n) is 4.14. The summed E-state index contributed by atoms with van der Waals surface area (Å²) in [5.74, 6) is -0.652. The number of hydrogen-bond donors (Lipinski definition) is 1. The normalized spacial score (nSPS) is 20.3. The van der Waals surface area contributed by atoms with Crippen LogP contribution < -0.4 is 5.32 Å². The minimum atomic E-state index is -3.49. The van der Waals surface area contributed by atoms with Crippen molar-refractivity contribution in [3.8, 4) is 0 Å². The van der Waals surface area contributed by atoms with Crippen molar-refractivity contribution < 1.29 is 13.2 Å². The molecule has 4 nitrogen and oxygen atoms in total. The molecule has 1 fully saturated rings. The number of rotatable bonds is 2. The first-order valence-corrected chi connectivity index (χ1v) is 8.15. The topological polar surface area (TPSA) is 63.2 Å². The van der Waals surface area contributed by atoms with Gasteiger partial charge in [-0.25, -0.2) is 8.42 Å². The van der Waals surface area contributed by atoms with Crippen LogP contribution in [0.3, 0.4) is 0 Å². The van der Waals surface area contributed by atoms with Crippen molar-refractivity contribution in [2.24, 2.45) is 0 Å². The maximum absolute atomic E-state index is 11.7. The maximum Gasteiger partial charge on any atom is 0.262 e. The first kappa shape index (κ1) is 15.1. The Hall–Kier alpha value is -1.30. The predicted molar refractivity (Wildman–Crippen MR) is 80.4 cm³/mol. The first-order chi connectivity index (χ1) is 9.40. The molecule has 1 amide bonds. The van der Waals surface area contributed by atoms with E-state index in [2.05, 4.69) is 5.32 Å². The molecule has 0 spiro atoms. The highest BCUT2D eigenvalue weighted by atomic mass is 35.5. The fraction of sp³-hybridized carbons (Fsp3) is 0.154. The Morgan fingerprint density at radius 1 is 1.20 bits per heavy atom. The van der Waals surface area contributed by atoms with Crippen molar-refractivity contribution in [3.63, 3.8) is 0 Å². The minimum absolute atomic E-state index is 0.0782. The predicted octanol–water partition coefficient (Wildman–Crippen LogP) is 2.44.